The van der Waals surface area contributed by atoms with Crippen LogP contribution in [-0.2, 0) is 4.79 Å². The fourth-order valence-corrected chi connectivity index (χ4v) is 2.89. The molecule has 1 heterocycles. The molecule has 3 nitrogen and oxygen atoms in total. The molecule has 3 unspecified atom stereocenters. The fraction of sp³-hybridized carbons (Fsp3) is 0.923. The van der Waals surface area contributed by atoms with Gasteiger partial charge >= 0.3 is 0 Å². The van der Waals surface area contributed by atoms with E-state index >= 15 is 0 Å². The Morgan fingerprint density at radius 2 is 1.94 bits per heavy atom. The largest absolute Gasteiger partial charge is 0.323 e. The molecule has 0 radical (unpaired) electrons. The second-order valence-corrected chi connectivity index (χ2v) is 5.75. The molecule has 1 saturated carbocycles. The summed E-state index contributed by atoms with van der Waals surface area (Å²) in [4.78, 5) is 14.3. The molecule has 2 rings (SSSR count). The van der Waals surface area contributed by atoms with E-state index < -0.39 is 0 Å². The molecule has 16 heavy (non-hydrogen) atoms. The molecule has 2 aliphatic rings. The van der Waals surface area contributed by atoms with Crippen molar-refractivity contribution in [1.82, 2.24) is 10.2 Å². The molecule has 0 spiro atoms. The first kappa shape index (κ1) is 11.9. The van der Waals surface area contributed by atoms with Crippen molar-refractivity contribution in [3.8, 4) is 0 Å². The number of amides is 1. The van der Waals surface area contributed by atoms with Crippen molar-refractivity contribution in [2.75, 3.05) is 0 Å². The highest BCUT2D eigenvalue weighted by atomic mass is 16.2. The smallest absolute Gasteiger partial charge is 0.240 e. The Morgan fingerprint density at radius 1 is 1.31 bits per heavy atom. The van der Waals surface area contributed by atoms with Gasteiger partial charge < -0.3 is 4.90 Å². The van der Waals surface area contributed by atoms with Crippen molar-refractivity contribution < 1.29 is 4.79 Å². The van der Waals surface area contributed by atoms with Crippen LogP contribution in [0.3, 0.4) is 0 Å². The third-order valence-electron chi connectivity index (χ3n) is 4.25. The summed E-state index contributed by atoms with van der Waals surface area (Å²) in [7, 11) is 0. The van der Waals surface area contributed by atoms with Crippen molar-refractivity contribution in [3.05, 3.63) is 0 Å². The van der Waals surface area contributed by atoms with Gasteiger partial charge in [-0.25, -0.2) is 0 Å². The molecule has 92 valence electrons. The second-order valence-electron chi connectivity index (χ2n) is 5.75. The van der Waals surface area contributed by atoms with Gasteiger partial charge in [-0.15, -0.1) is 0 Å². The molecule has 3 atom stereocenters. The number of nitrogens with one attached hydrogen (secondary N) is 1. The third kappa shape index (κ3) is 1.86. The van der Waals surface area contributed by atoms with Gasteiger partial charge in [-0.05, 0) is 38.5 Å². The number of carbonyl (C=O) groups excluding carboxylic acids is 1. The van der Waals surface area contributed by atoms with E-state index in [4.69, 9.17) is 0 Å². The van der Waals surface area contributed by atoms with E-state index in [2.05, 4.69) is 31.0 Å². The second kappa shape index (κ2) is 4.36. The minimum Gasteiger partial charge on any atom is -0.323 e. The number of hydrogen-bond acceptors (Lipinski definition) is 2. The molecular weight excluding hydrogens is 200 g/mol. The molecule has 3 heteroatoms. The van der Waals surface area contributed by atoms with Crippen molar-refractivity contribution in [3.63, 3.8) is 0 Å². The van der Waals surface area contributed by atoms with Gasteiger partial charge in [0.15, 0.2) is 0 Å². The zero-order valence-corrected chi connectivity index (χ0v) is 10.9. The van der Waals surface area contributed by atoms with Gasteiger partial charge in [0.25, 0.3) is 0 Å². The van der Waals surface area contributed by atoms with E-state index in [1.54, 1.807) is 0 Å². The van der Waals surface area contributed by atoms with E-state index in [1.165, 1.54) is 19.3 Å². The maximum absolute atomic E-state index is 12.2. The topological polar surface area (TPSA) is 32.3 Å². The number of hydrogen-bond donors (Lipinski definition) is 1. The van der Waals surface area contributed by atoms with E-state index in [9.17, 15) is 4.79 Å². The van der Waals surface area contributed by atoms with E-state index in [1.807, 2.05) is 6.92 Å². The molecule has 0 bridgehead atoms. The zero-order valence-electron chi connectivity index (χ0n) is 10.9. The molecule has 1 aliphatic heterocycles. The van der Waals surface area contributed by atoms with Crippen LogP contribution in [-0.4, -0.2) is 29.1 Å². The predicted molar refractivity (Wildman–Crippen MR) is 64.9 cm³/mol. The summed E-state index contributed by atoms with van der Waals surface area (Å²) in [5.74, 6) is 1.51. The average molecular weight is 224 g/mol. The predicted octanol–water partition coefficient (Wildman–Crippen LogP) is 1.98. The van der Waals surface area contributed by atoms with Gasteiger partial charge in [-0.3, -0.25) is 10.1 Å². The van der Waals surface area contributed by atoms with Crippen molar-refractivity contribution >= 4 is 5.91 Å². The first-order valence-electron chi connectivity index (χ1n) is 6.60. The zero-order chi connectivity index (χ0) is 11.9. The third-order valence-corrected chi connectivity index (χ3v) is 4.25. The Morgan fingerprint density at radius 3 is 2.38 bits per heavy atom. The molecule has 1 amide bonds. The van der Waals surface area contributed by atoms with E-state index in [0.717, 1.165) is 5.92 Å². The van der Waals surface area contributed by atoms with Gasteiger partial charge in [0.05, 0.1) is 12.2 Å². The van der Waals surface area contributed by atoms with Crippen LogP contribution < -0.4 is 5.32 Å². The summed E-state index contributed by atoms with van der Waals surface area (Å²) in [5.41, 5.74) is 0. The fourth-order valence-electron chi connectivity index (χ4n) is 2.89. The van der Waals surface area contributed by atoms with Gasteiger partial charge in [0.1, 0.15) is 0 Å². The Labute approximate surface area is 98.6 Å². The van der Waals surface area contributed by atoms with E-state index in [-0.39, 0.29) is 18.1 Å². The lowest BCUT2D eigenvalue weighted by Crippen LogP contribution is -2.50. The van der Waals surface area contributed by atoms with Crippen LogP contribution in [0.5, 0.6) is 0 Å². The molecule has 1 saturated heterocycles. The minimum atomic E-state index is -0.00470. The maximum atomic E-state index is 12.2. The molecule has 2 fully saturated rings. The van der Waals surface area contributed by atoms with Crippen LogP contribution in [0.25, 0.3) is 0 Å². The van der Waals surface area contributed by atoms with Crippen LogP contribution in [0.15, 0.2) is 0 Å². The van der Waals surface area contributed by atoms with Crippen LogP contribution in [0.2, 0.25) is 0 Å². The summed E-state index contributed by atoms with van der Waals surface area (Å²) in [5, 5.41) is 3.41. The number of rotatable bonds is 3. The lowest BCUT2D eigenvalue weighted by molar-refractivity contribution is -0.134. The minimum absolute atomic E-state index is 0.00470. The quantitative estimate of drug-likeness (QED) is 0.795. The highest BCUT2D eigenvalue weighted by molar-refractivity contribution is 5.84. The van der Waals surface area contributed by atoms with Gasteiger partial charge in [-0.2, -0.15) is 0 Å². The van der Waals surface area contributed by atoms with Gasteiger partial charge in [0.2, 0.25) is 5.91 Å². The molecule has 0 aromatic rings. The van der Waals surface area contributed by atoms with Crippen LogP contribution in [0.4, 0.5) is 0 Å². The molecule has 1 aliphatic carbocycles. The number of carbonyl (C=O) groups is 1. The normalized spacial score (nSPS) is 33.3. The SMILES string of the molecule is CC1NC(C(C)C)N(C(C)C2CCC2)C1=O. The van der Waals surface area contributed by atoms with E-state index in [0.29, 0.717) is 12.0 Å². The van der Waals surface area contributed by atoms with Crippen molar-refractivity contribution in [2.24, 2.45) is 11.8 Å². The summed E-state index contributed by atoms with van der Waals surface area (Å²) in [6.45, 7) is 8.56. The van der Waals surface area contributed by atoms with Gasteiger partial charge in [-0.1, -0.05) is 20.3 Å². The van der Waals surface area contributed by atoms with Gasteiger partial charge in [0, 0.05) is 6.04 Å². The molecule has 0 aromatic carbocycles. The number of nitrogens with zero attached hydrogens (tertiary/aromatic N) is 1. The van der Waals surface area contributed by atoms with Crippen LogP contribution in [0.1, 0.15) is 47.0 Å². The summed E-state index contributed by atoms with van der Waals surface area (Å²) < 4.78 is 0. The molecule has 1 N–H and O–H groups in total. The van der Waals surface area contributed by atoms with Crippen LogP contribution in [0, 0.1) is 11.8 Å². The Hall–Kier alpha value is -0.570. The maximum Gasteiger partial charge on any atom is 0.240 e. The molecule has 0 aromatic heterocycles. The Bertz CT molecular complexity index is 273. The first-order chi connectivity index (χ1) is 7.52. The van der Waals surface area contributed by atoms with Crippen molar-refractivity contribution in [1.29, 1.82) is 0 Å². The highest BCUT2D eigenvalue weighted by Gasteiger charge is 2.43. The average Bonchev–Trinajstić information content (AvgIpc) is 2.40. The standard InChI is InChI=1S/C13H24N2O/c1-8(2)12-14-9(3)13(16)15(12)10(4)11-6-5-7-11/h8-12,14H,5-7H2,1-4H3. The van der Waals surface area contributed by atoms with Crippen LogP contribution >= 0.6 is 0 Å². The Kier molecular flexibility index (Phi) is 3.24. The summed E-state index contributed by atoms with van der Waals surface area (Å²) in [6.07, 6.45) is 4.17. The van der Waals surface area contributed by atoms with Crippen molar-refractivity contribution in [2.45, 2.75) is 65.2 Å². The summed E-state index contributed by atoms with van der Waals surface area (Å²) in [6, 6.07) is 0.404. The lowest BCUT2D eigenvalue weighted by Gasteiger charge is -2.40. The molecular formula is C13H24N2O. The highest BCUT2D eigenvalue weighted by Crippen LogP contribution is 2.34. The monoisotopic (exact) mass is 224 g/mol. The Balaban J connectivity index is 2.11. The first-order valence-corrected chi connectivity index (χ1v) is 6.60. The lowest BCUT2D eigenvalue weighted by atomic mass is 9.79. The summed E-state index contributed by atoms with van der Waals surface area (Å²) >= 11 is 0.